The van der Waals surface area contributed by atoms with Crippen molar-refractivity contribution < 1.29 is 14.0 Å². The topological polar surface area (TPSA) is 43.9 Å². The fraction of sp³-hybridized carbons (Fsp3) is 0.364. The van der Waals surface area contributed by atoms with Crippen LogP contribution in [-0.4, -0.2) is 60.2 Å². The standard InChI is InChI=1S/C22H23ClFN3O2S/c23-19-4-2-1-3-18(19)20-9-10-25(13-14-30-20)21(28)15-26-11-12-27(22(26)29)17-7-5-16(24)6-8-17/h1-8,20H,9-15H2/t20-/m0/s1. The van der Waals surface area contributed by atoms with Crippen molar-refractivity contribution in [3.05, 3.63) is 64.9 Å². The van der Waals surface area contributed by atoms with E-state index in [0.29, 0.717) is 31.9 Å². The quantitative estimate of drug-likeness (QED) is 0.696. The average Bonchev–Trinajstić information content (AvgIpc) is 2.95. The Bertz CT molecular complexity index is 927. The number of carbonyl (C=O) groups excluding carboxylic acids is 2. The van der Waals surface area contributed by atoms with Crippen LogP contribution in [0.3, 0.4) is 0 Å². The van der Waals surface area contributed by atoms with E-state index in [2.05, 4.69) is 0 Å². The number of hydrogen-bond acceptors (Lipinski definition) is 3. The predicted molar refractivity (Wildman–Crippen MR) is 119 cm³/mol. The van der Waals surface area contributed by atoms with Gasteiger partial charge in [0.05, 0.1) is 0 Å². The normalized spacial score (nSPS) is 19.9. The lowest BCUT2D eigenvalue weighted by molar-refractivity contribution is -0.131. The molecule has 2 aliphatic heterocycles. The first-order chi connectivity index (χ1) is 14.5. The zero-order valence-corrected chi connectivity index (χ0v) is 18.0. The molecule has 158 valence electrons. The molecule has 0 bridgehead atoms. The monoisotopic (exact) mass is 447 g/mol. The van der Waals surface area contributed by atoms with Gasteiger partial charge in [0.15, 0.2) is 0 Å². The molecule has 0 saturated carbocycles. The van der Waals surface area contributed by atoms with Crippen LogP contribution in [-0.2, 0) is 4.79 Å². The van der Waals surface area contributed by atoms with Crippen molar-refractivity contribution in [2.75, 3.05) is 43.4 Å². The maximum Gasteiger partial charge on any atom is 0.325 e. The van der Waals surface area contributed by atoms with Crippen molar-refractivity contribution in [2.45, 2.75) is 11.7 Å². The summed E-state index contributed by atoms with van der Waals surface area (Å²) in [6.45, 7) is 2.34. The zero-order valence-electron chi connectivity index (χ0n) is 16.5. The van der Waals surface area contributed by atoms with Gasteiger partial charge in [-0.1, -0.05) is 29.8 Å². The number of urea groups is 1. The fourth-order valence-electron chi connectivity index (χ4n) is 3.86. The third-order valence-electron chi connectivity index (χ3n) is 5.51. The molecule has 2 aromatic carbocycles. The van der Waals surface area contributed by atoms with Gasteiger partial charge in [0.2, 0.25) is 5.91 Å². The van der Waals surface area contributed by atoms with Crippen molar-refractivity contribution in [2.24, 2.45) is 0 Å². The summed E-state index contributed by atoms with van der Waals surface area (Å²) in [7, 11) is 0. The summed E-state index contributed by atoms with van der Waals surface area (Å²) in [4.78, 5) is 30.6. The van der Waals surface area contributed by atoms with Crippen LogP contribution < -0.4 is 4.90 Å². The molecule has 2 aliphatic rings. The van der Waals surface area contributed by atoms with Gasteiger partial charge in [-0.25, -0.2) is 9.18 Å². The summed E-state index contributed by atoms with van der Waals surface area (Å²) in [5, 5.41) is 1.03. The van der Waals surface area contributed by atoms with Crippen molar-refractivity contribution in [1.82, 2.24) is 9.80 Å². The molecule has 8 heteroatoms. The third kappa shape index (κ3) is 4.57. The smallest absolute Gasteiger partial charge is 0.325 e. The molecule has 0 N–H and O–H groups in total. The number of thioether (sulfide) groups is 1. The van der Waals surface area contributed by atoms with Crippen LogP contribution in [0.2, 0.25) is 5.02 Å². The van der Waals surface area contributed by atoms with E-state index in [0.717, 1.165) is 22.8 Å². The number of halogens is 2. The first-order valence-corrected chi connectivity index (χ1v) is 11.4. The molecule has 2 saturated heterocycles. The number of carbonyl (C=O) groups is 2. The molecule has 30 heavy (non-hydrogen) atoms. The lowest BCUT2D eigenvalue weighted by atomic mass is 10.1. The van der Waals surface area contributed by atoms with Crippen LogP contribution in [0.15, 0.2) is 48.5 Å². The molecule has 0 aliphatic carbocycles. The second-order valence-electron chi connectivity index (χ2n) is 7.38. The largest absolute Gasteiger partial charge is 0.340 e. The van der Waals surface area contributed by atoms with E-state index in [-0.39, 0.29) is 29.6 Å². The molecular formula is C22H23ClFN3O2S. The van der Waals surface area contributed by atoms with Gasteiger partial charge in [-0.05, 0) is 42.3 Å². The number of hydrogen-bond donors (Lipinski definition) is 0. The molecule has 1 atom stereocenters. The van der Waals surface area contributed by atoms with Crippen LogP contribution in [0.25, 0.3) is 0 Å². The Hall–Kier alpha value is -2.25. The molecule has 2 aromatic rings. The van der Waals surface area contributed by atoms with Crippen molar-refractivity contribution >= 4 is 41.0 Å². The van der Waals surface area contributed by atoms with E-state index >= 15 is 0 Å². The van der Waals surface area contributed by atoms with Crippen molar-refractivity contribution in [3.63, 3.8) is 0 Å². The Labute approximate surface area is 184 Å². The molecule has 0 spiro atoms. The van der Waals surface area contributed by atoms with E-state index in [4.69, 9.17) is 11.6 Å². The molecule has 0 radical (unpaired) electrons. The van der Waals surface area contributed by atoms with Gasteiger partial charge in [0.25, 0.3) is 0 Å². The highest BCUT2D eigenvalue weighted by atomic mass is 35.5. The van der Waals surface area contributed by atoms with Gasteiger partial charge in [0, 0.05) is 47.9 Å². The Morgan fingerprint density at radius 2 is 1.83 bits per heavy atom. The van der Waals surface area contributed by atoms with E-state index in [1.807, 2.05) is 40.9 Å². The molecular weight excluding hydrogens is 425 g/mol. The first kappa shape index (κ1) is 21.0. The minimum atomic E-state index is -0.341. The SMILES string of the molecule is O=C(CN1CCN(c2ccc(F)cc2)C1=O)N1CCS[C@H](c2ccccc2Cl)CC1. The Morgan fingerprint density at radius 3 is 2.60 bits per heavy atom. The summed E-state index contributed by atoms with van der Waals surface area (Å²) >= 11 is 8.17. The van der Waals surface area contributed by atoms with Gasteiger partial charge in [-0.2, -0.15) is 11.8 Å². The number of rotatable bonds is 4. The highest BCUT2D eigenvalue weighted by Gasteiger charge is 2.32. The fourth-order valence-corrected chi connectivity index (χ4v) is 5.46. The van der Waals surface area contributed by atoms with E-state index in [1.54, 1.807) is 21.9 Å². The third-order valence-corrected chi connectivity index (χ3v) is 7.16. The molecule has 2 heterocycles. The molecule has 5 nitrogen and oxygen atoms in total. The molecule has 2 fully saturated rings. The number of amides is 3. The average molecular weight is 448 g/mol. The number of nitrogens with zero attached hydrogens (tertiary/aromatic N) is 3. The summed E-state index contributed by atoms with van der Waals surface area (Å²) in [6, 6.07) is 13.5. The van der Waals surface area contributed by atoms with E-state index < -0.39 is 0 Å². The highest BCUT2D eigenvalue weighted by molar-refractivity contribution is 7.99. The Balaban J connectivity index is 1.34. The first-order valence-electron chi connectivity index (χ1n) is 9.99. The summed E-state index contributed by atoms with van der Waals surface area (Å²) in [6.07, 6.45) is 0.829. The van der Waals surface area contributed by atoms with Crippen LogP contribution in [0.4, 0.5) is 14.9 Å². The Kier molecular flexibility index (Phi) is 6.49. The predicted octanol–water partition coefficient (Wildman–Crippen LogP) is 4.43. The van der Waals surface area contributed by atoms with Crippen molar-refractivity contribution in [1.29, 1.82) is 0 Å². The second-order valence-corrected chi connectivity index (χ2v) is 9.10. The number of benzene rings is 2. The minimum absolute atomic E-state index is 0.0373. The van der Waals surface area contributed by atoms with Crippen LogP contribution in [0.5, 0.6) is 0 Å². The lowest BCUT2D eigenvalue weighted by Crippen LogP contribution is -2.43. The van der Waals surface area contributed by atoms with Gasteiger partial charge in [-0.15, -0.1) is 0 Å². The van der Waals surface area contributed by atoms with Gasteiger partial charge < -0.3 is 9.80 Å². The summed E-state index contributed by atoms with van der Waals surface area (Å²) in [5.41, 5.74) is 1.76. The van der Waals surface area contributed by atoms with Gasteiger partial charge in [0.1, 0.15) is 12.4 Å². The Morgan fingerprint density at radius 1 is 1.07 bits per heavy atom. The van der Waals surface area contributed by atoms with Gasteiger partial charge >= 0.3 is 6.03 Å². The maximum atomic E-state index is 13.1. The molecule has 0 aromatic heterocycles. The lowest BCUT2D eigenvalue weighted by Gasteiger charge is -2.24. The molecule has 3 amide bonds. The summed E-state index contributed by atoms with van der Waals surface area (Å²) in [5.74, 6) is 0.452. The van der Waals surface area contributed by atoms with Crippen LogP contribution in [0, 0.1) is 5.82 Å². The summed E-state index contributed by atoms with van der Waals surface area (Å²) < 4.78 is 13.1. The van der Waals surface area contributed by atoms with Gasteiger partial charge in [-0.3, -0.25) is 9.69 Å². The van der Waals surface area contributed by atoms with Crippen LogP contribution >= 0.6 is 23.4 Å². The number of anilines is 1. The second kappa shape index (κ2) is 9.27. The van der Waals surface area contributed by atoms with E-state index in [9.17, 15) is 14.0 Å². The minimum Gasteiger partial charge on any atom is -0.340 e. The maximum absolute atomic E-state index is 13.1. The zero-order chi connectivity index (χ0) is 21.1. The molecule has 0 unspecified atom stereocenters. The van der Waals surface area contributed by atoms with E-state index in [1.165, 1.54) is 12.1 Å². The molecule has 4 rings (SSSR count). The highest BCUT2D eigenvalue weighted by Crippen LogP contribution is 2.37. The van der Waals surface area contributed by atoms with Crippen LogP contribution in [0.1, 0.15) is 17.2 Å². The van der Waals surface area contributed by atoms with Crippen molar-refractivity contribution in [3.8, 4) is 0 Å².